The second kappa shape index (κ2) is 5.45. The van der Waals surface area contributed by atoms with E-state index in [1.807, 2.05) is 32.3 Å². The second-order valence-corrected chi connectivity index (χ2v) is 4.92. The van der Waals surface area contributed by atoms with E-state index < -0.39 is 0 Å². The normalized spacial score (nSPS) is 11.1. The Kier molecular flexibility index (Phi) is 3.49. The fourth-order valence-electron chi connectivity index (χ4n) is 2.26. The van der Waals surface area contributed by atoms with Crippen LogP contribution in [0.1, 0.15) is 17.1 Å². The van der Waals surface area contributed by atoms with E-state index in [4.69, 9.17) is 0 Å². The molecule has 21 heavy (non-hydrogen) atoms. The van der Waals surface area contributed by atoms with E-state index in [1.165, 1.54) is 0 Å². The fraction of sp³-hybridized carbons (Fsp3) is 0.286. The van der Waals surface area contributed by atoms with Crippen molar-refractivity contribution in [1.29, 1.82) is 0 Å². The lowest BCUT2D eigenvalue weighted by Crippen LogP contribution is -2.15. The summed E-state index contributed by atoms with van der Waals surface area (Å²) in [6.45, 7) is 2.98. The quantitative estimate of drug-likeness (QED) is 0.732. The number of rotatable bonds is 4. The number of aromatic nitrogens is 5. The highest BCUT2D eigenvalue weighted by atomic mass is 16.1. The topological polar surface area (TPSA) is 88.5 Å². The molecule has 0 fully saturated rings. The van der Waals surface area contributed by atoms with Crippen LogP contribution < -0.4 is 10.9 Å². The Morgan fingerprint density at radius 3 is 3.05 bits per heavy atom. The molecule has 108 valence electrons. The Bertz CT molecular complexity index is 835. The van der Waals surface area contributed by atoms with Gasteiger partial charge in [-0.15, -0.1) is 5.10 Å². The summed E-state index contributed by atoms with van der Waals surface area (Å²) in [5.74, 6) is 0.572. The van der Waals surface area contributed by atoms with Crippen LogP contribution in [0.3, 0.4) is 0 Å². The van der Waals surface area contributed by atoms with Crippen molar-refractivity contribution in [3.8, 4) is 0 Å². The van der Waals surface area contributed by atoms with Crippen LogP contribution in [0.25, 0.3) is 10.9 Å². The lowest BCUT2D eigenvalue weighted by atomic mass is 10.1. The number of aromatic amines is 1. The van der Waals surface area contributed by atoms with E-state index in [-0.39, 0.29) is 5.56 Å². The van der Waals surface area contributed by atoms with Gasteiger partial charge in [-0.2, -0.15) is 0 Å². The molecular weight excluding hydrogens is 268 g/mol. The molecule has 7 heteroatoms. The van der Waals surface area contributed by atoms with Gasteiger partial charge in [0.05, 0.1) is 22.8 Å². The maximum absolute atomic E-state index is 12.1. The van der Waals surface area contributed by atoms with Crippen molar-refractivity contribution in [2.75, 3.05) is 7.05 Å². The predicted molar refractivity (Wildman–Crippen MR) is 79.0 cm³/mol. The van der Waals surface area contributed by atoms with Crippen LogP contribution in [0.2, 0.25) is 0 Å². The molecule has 0 amide bonds. The molecule has 3 rings (SSSR count). The first-order valence-corrected chi connectivity index (χ1v) is 6.69. The minimum Gasteiger partial charge on any atom is -0.314 e. The van der Waals surface area contributed by atoms with Crippen LogP contribution in [-0.2, 0) is 13.1 Å². The smallest absolute Gasteiger partial charge is 0.258 e. The van der Waals surface area contributed by atoms with Gasteiger partial charge in [0, 0.05) is 6.54 Å². The average molecular weight is 284 g/mol. The monoisotopic (exact) mass is 284 g/mol. The van der Waals surface area contributed by atoms with Crippen molar-refractivity contribution >= 4 is 10.9 Å². The van der Waals surface area contributed by atoms with Crippen LogP contribution in [0.5, 0.6) is 0 Å². The number of para-hydroxylation sites is 1. The molecule has 0 saturated carbocycles. The van der Waals surface area contributed by atoms with Gasteiger partial charge in [-0.3, -0.25) is 4.79 Å². The van der Waals surface area contributed by atoms with Crippen molar-refractivity contribution in [2.24, 2.45) is 0 Å². The first-order chi connectivity index (χ1) is 10.2. The summed E-state index contributed by atoms with van der Waals surface area (Å²) >= 11 is 0. The maximum Gasteiger partial charge on any atom is 0.258 e. The number of benzene rings is 1. The summed E-state index contributed by atoms with van der Waals surface area (Å²) in [5.41, 5.74) is 2.42. The number of nitrogens with one attached hydrogen (secondary N) is 2. The van der Waals surface area contributed by atoms with E-state index >= 15 is 0 Å². The van der Waals surface area contributed by atoms with Crippen molar-refractivity contribution in [2.45, 2.75) is 20.0 Å². The van der Waals surface area contributed by atoms with E-state index in [1.54, 1.807) is 10.7 Å². The summed E-state index contributed by atoms with van der Waals surface area (Å²) in [6, 6.07) is 5.58. The van der Waals surface area contributed by atoms with Gasteiger partial charge in [0.2, 0.25) is 0 Å². The van der Waals surface area contributed by atoms with Crippen molar-refractivity contribution in [3.05, 3.63) is 51.8 Å². The van der Waals surface area contributed by atoms with Crippen LogP contribution in [0.15, 0.2) is 29.2 Å². The van der Waals surface area contributed by atoms with Gasteiger partial charge in [0.25, 0.3) is 5.56 Å². The molecule has 1 aromatic carbocycles. The van der Waals surface area contributed by atoms with E-state index in [0.29, 0.717) is 24.3 Å². The molecule has 2 aromatic heterocycles. The molecular formula is C14H16N6O. The average Bonchev–Trinajstić information content (AvgIpc) is 2.88. The van der Waals surface area contributed by atoms with Gasteiger partial charge in [-0.25, -0.2) is 9.67 Å². The SMILES string of the molecule is CNCc1cn(Cc2nc3c(C)cccc3c(=O)[nH]2)nn1. The van der Waals surface area contributed by atoms with E-state index in [2.05, 4.69) is 25.6 Å². The summed E-state index contributed by atoms with van der Waals surface area (Å²) in [4.78, 5) is 19.4. The molecule has 3 aromatic rings. The molecule has 0 radical (unpaired) electrons. The molecule has 2 N–H and O–H groups in total. The van der Waals surface area contributed by atoms with Gasteiger partial charge in [0.15, 0.2) is 0 Å². The fourth-order valence-corrected chi connectivity index (χ4v) is 2.26. The molecule has 0 aliphatic carbocycles. The number of nitrogens with zero attached hydrogens (tertiary/aromatic N) is 4. The third-order valence-electron chi connectivity index (χ3n) is 3.24. The van der Waals surface area contributed by atoms with Gasteiger partial charge >= 0.3 is 0 Å². The Balaban J connectivity index is 1.97. The van der Waals surface area contributed by atoms with E-state index in [9.17, 15) is 4.79 Å². The largest absolute Gasteiger partial charge is 0.314 e. The number of aryl methyl sites for hydroxylation is 1. The second-order valence-electron chi connectivity index (χ2n) is 4.92. The summed E-state index contributed by atoms with van der Waals surface area (Å²) in [7, 11) is 1.85. The van der Waals surface area contributed by atoms with Crippen LogP contribution in [0.4, 0.5) is 0 Å². The maximum atomic E-state index is 12.1. The lowest BCUT2D eigenvalue weighted by molar-refractivity contribution is 0.625. The molecule has 0 atom stereocenters. The van der Waals surface area contributed by atoms with Gasteiger partial charge in [-0.1, -0.05) is 17.3 Å². The van der Waals surface area contributed by atoms with Gasteiger partial charge < -0.3 is 10.3 Å². The zero-order valence-electron chi connectivity index (χ0n) is 11.9. The first-order valence-electron chi connectivity index (χ1n) is 6.69. The Morgan fingerprint density at radius 1 is 1.38 bits per heavy atom. The summed E-state index contributed by atoms with van der Waals surface area (Å²) in [5, 5.41) is 11.7. The molecule has 7 nitrogen and oxygen atoms in total. The molecule has 0 saturated heterocycles. The van der Waals surface area contributed by atoms with Crippen molar-refractivity contribution < 1.29 is 0 Å². The zero-order chi connectivity index (χ0) is 14.8. The zero-order valence-corrected chi connectivity index (χ0v) is 11.9. The minimum atomic E-state index is -0.130. The first kappa shape index (κ1) is 13.4. The highest BCUT2D eigenvalue weighted by molar-refractivity contribution is 5.80. The molecule has 0 spiro atoms. The number of hydrogen-bond donors (Lipinski definition) is 2. The third kappa shape index (κ3) is 2.68. The standard InChI is InChI=1S/C14H16N6O/c1-9-4-3-5-11-13(9)16-12(17-14(11)21)8-20-7-10(6-15-2)18-19-20/h3-5,7,15H,6,8H2,1-2H3,(H,16,17,21). The summed E-state index contributed by atoms with van der Waals surface area (Å²) < 4.78 is 1.66. The lowest BCUT2D eigenvalue weighted by Gasteiger charge is -2.04. The van der Waals surface area contributed by atoms with Crippen LogP contribution >= 0.6 is 0 Å². The third-order valence-corrected chi connectivity index (χ3v) is 3.24. The molecule has 2 heterocycles. The van der Waals surface area contributed by atoms with Crippen molar-refractivity contribution in [1.82, 2.24) is 30.3 Å². The van der Waals surface area contributed by atoms with Gasteiger partial charge in [0.1, 0.15) is 12.4 Å². The Morgan fingerprint density at radius 2 is 2.24 bits per heavy atom. The highest BCUT2D eigenvalue weighted by Gasteiger charge is 2.07. The molecule has 0 aliphatic rings. The Labute approximate surface area is 121 Å². The molecule has 0 unspecified atom stereocenters. The van der Waals surface area contributed by atoms with Gasteiger partial charge in [-0.05, 0) is 25.6 Å². The number of fused-ring (bicyclic) bond motifs is 1. The minimum absolute atomic E-state index is 0.130. The van der Waals surface area contributed by atoms with E-state index in [0.717, 1.165) is 16.8 Å². The molecule has 0 aliphatic heterocycles. The summed E-state index contributed by atoms with van der Waals surface area (Å²) in [6.07, 6.45) is 1.83. The predicted octanol–water partition coefficient (Wildman–Crippen LogP) is 0.591. The van der Waals surface area contributed by atoms with Crippen LogP contribution in [-0.4, -0.2) is 32.0 Å². The highest BCUT2D eigenvalue weighted by Crippen LogP contribution is 2.12. The molecule has 0 bridgehead atoms. The van der Waals surface area contributed by atoms with Crippen LogP contribution in [0, 0.1) is 6.92 Å². The number of H-pyrrole nitrogens is 1. The van der Waals surface area contributed by atoms with Crippen molar-refractivity contribution in [3.63, 3.8) is 0 Å². The number of hydrogen-bond acceptors (Lipinski definition) is 5. The Hall–Kier alpha value is -2.54.